The van der Waals surface area contributed by atoms with Crippen LogP contribution in [0.3, 0.4) is 0 Å². The van der Waals surface area contributed by atoms with Crippen molar-refractivity contribution in [3.63, 3.8) is 0 Å². The molecule has 3 aromatic carbocycles. The van der Waals surface area contributed by atoms with Crippen LogP contribution >= 0.6 is 0 Å². The van der Waals surface area contributed by atoms with E-state index in [1.54, 1.807) is 30.3 Å². The SMILES string of the molecule is CCOc1ccc(/C=C/C(=O)NNC(=O)c2ccccc2OCc2ccccc2)cc1. The normalized spacial score (nSPS) is 10.5. The Hall–Kier alpha value is -4.06. The molecule has 0 bridgehead atoms. The number of carbonyl (C=O) groups excluding carboxylic acids is 2. The zero-order chi connectivity index (χ0) is 21.9. The van der Waals surface area contributed by atoms with E-state index < -0.39 is 11.8 Å². The highest BCUT2D eigenvalue weighted by Crippen LogP contribution is 2.19. The van der Waals surface area contributed by atoms with Crippen molar-refractivity contribution in [1.29, 1.82) is 0 Å². The molecule has 0 heterocycles. The monoisotopic (exact) mass is 416 g/mol. The van der Waals surface area contributed by atoms with Gasteiger partial charge in [0.15, 0.2) is 0 Å². The molecule has 6 nitrogen and oxygen atoms in total. The van der Waals surface area contributed by atoms with Gasteiger partial charge in [0.05, 0.1) is 12.2 Å². The maximum atomic E-state index is 12.5. The summed E-state index contributed by atoms with van der Waals surface area (Å²) in [6.45, 7) is 2.85. The molecule has 2 amide bonds. The van der Waals surface area contributed by atoms with Crippen LogP contribution in [0.2, 0.25) is 0 Å². The Morgan fingerprint density at radius 3 is 2.29 bits per heavy atom. The summed E-state index contributed by atoms with van der Waals surface area (Å²) in [4.78, 5) is 24.6. The summed E-state index contributed by atoms with van der Waals surface area (Å²) in [7, 11) is 0. The molecule has 2 N–H and O–H groups in total. The van der Waals surface area contributed by atoms with Gasteiger partial charge in [0.25, 0.3) is 11.8 Å². The second-order valence-electron chi connectivity index (χ2n) is 6.55. The maximum Gasteiger partial charge on any atom is 0.273 e. The molecule has 0 aliphatic heterocycles. The Labute approximate surface area is 181 Å². The van der Waals surface area contributed by atoms with Crippen LogP contribution in [-0.2, 0) is 11.4 Å². The molecule has 0 saturated heterocycles. The van der Waals surface area contributed by atoms with Gasteiger partial charge in [-0.1, -0.05) is 54.6 Å². The molecule has 3 aromatic rings. The molecule has 0 aromatic heterocycles. The van der Waals surface area contributed by atoms with Crippen LogP contribution in [0.25, 0.3) is 6.08 Å². The van der Waals surface area contributed by atoms with E-state index in [9.17, 15) is 9.59 Å². The van der Waals surface area contributed by atoms with E-state index in [2.05, 4.69) is 10.9 Å². The summed E-state index contributed by atoms with van der Waals surface area (Å²) < 4.78 is 11.2. The van der Waals surface area contributed by atoms with Crippen molar-refractivity contribution in [2.45, 2.75) is 13.5 Å². The zero-order valence-corrected chi connectivity index (χ0v) is 17.2. The molecule has 0 atom stereocenters. The number of amides is 2. The Morgan fingerprint density at radius 1 is 0.839 bits per heavy atom. The predicted octanol–water partition coefficient (Wildman–Crippen LogP) is 4.14. The van der Waals surface area contributed by atoms with E-state index >= 15 is 0 Å². The Morgan fingerprint density at radius 2 is 1.55 bits per heavy atom. The molecule has 0 unspecified atom stereocenters. The number of hydrazine groups is 1. The van der Waals surface area contributed by atoms with Crippen LogP contribution < -0.4 is 20.3 Å². The van der Waals surface area contributed by atoms with Gasteiger partial charge in [-0.3, -0.25) is 20.4 Å². The van der Waals surface area contributed by atoms with Gasteiger partial charge in [0, 0.05) is 6.08 Å². The lowest BCUT2D eigenvalue weighted by molar-refractivity contribution is -0.117. The largest absolute Gasteiger partial charge is 0.494 e. The van der Waals surface area contributed by atoms with Crippen molar-refractivity contribution in [3.8, 4) is 11.5 Å². The fourth-order valence-corrected chi connectivity index (χ4v) is 2.76. The van der Waals surface area contributed by atoms with Gasteiger partial charge >= 0.3 is 0 Å². The standard InChI is InChI=1S/C25H24N2O4/c1-2-30-21-15-12-19(13-16-21)14-17-24(28)26-27-25(29)22-10-6-7-11-23(22)31-18-20-8-4-3-5-9-20/h3-17H,2,18H2,1H3,(H,26,28)(H,27,29)/b17-14+. The lowest BCUT2D eigenvalue weighted by Gasteiger charge is -2.12. The predicted molar refractivity (Wildman–Crippen MR) is 119 cm³/mol. The second kappa shape index (κ2) is 11.2. The number of hydrogen-bond donors (Lipinski definition) is 2. The van der Waals surface area contributed by atoms with Crippen LogP contribution in [0.5, 0.6) is 11.5 Å². The average molecular weight is 416 g/mol. The van der Waals surface area contributed by atoms with Crippen LogP contribution in [0.1, 0.15) is 28.4 Å². The van der Waals surface area contributed by atoms with Crippen molar-refractivity contribution >= 4 is 17.9 Å². The van der Waals surface area contributed by atoms with Gasteiger partial charge < -0.3 is 9.47 Å². The van der Waals surface area contributed by atoms with Crippen LogP contribution in [0, 0.1) is 0 Å². The number of benzene rings is 3. The smallest absolute Gasteiger partial charge is 0.273 e. The fourth-order valence-electron chi connectivity index (χ4n) is 2.76. The van der Waals surface area contributed by atoms with Gasteiger partial charge in [0.2, 0.25) is 0 Å². The first kappa shape index (κ1) is 21.6. The highest BCUT2D eigenvalue weighted by molar-refractivity contribution is 5.99. The lowest BCUT2D eigenvalue weighted by Crippen LogP contribution is -2.40. The van der Waals surface area contributed by atoms with E-state index in [1.807, 2.05) is 61.5 Å². The lowest BCUT2D eigenvalue weighted by atomic mass is 10.2. The van der Waals surface area contributed by atoms with Gasteiger partial charge in [0.1, 0.15) is 18.1 Å². The number of rotatable bonds is 8. The van der Waals surface area contributed by atoms with Gasteiger partial charge in [-0.05, 0) is 48.4 Å². The highest BCUT2D eigenvalue weighted by atomic mass is 16.5. The van der Waals surface area contributed by atoms with Gasteiger partial charge in [-0.25, -0.2) is 0 Å². The average Bonchev–Trinajstić information content (AvgIpc) is 2.82. The third kappa shape index (κ3) is 6.75. The minimum absolute atomic E-state index is 0.328. The quantitative estimate of drug-likeness (QED) is 0.427. The van der Waals surface area contributed by atoms with Crippen molar-refractivity contribution < 1.29 is 19.1 Å². The van der Waals surface area contributed by atoms with Crippen molar-refractivity contribution in [2.75, 3.05) is 6.61 Å². The van der Waals surface area contributed by atoms with Gasteiger partial charge in [-0.2, -0.15) is 0 Å². The summed E-state index contributed by atoms with van der Waals surface area (Å²) >= 11 is 0. The summed E-state index contributed by atoms with van der Waals surface area (Å²) in [6.07, 6.45) is 2.99. The molecule has 0 saturated carbocycles. The number of para-hydroxylation sites is 1. The van der Waals surface area contributed by atoms with Crippen LogP contribution in [-0.4, -0.2) is 18.4 Å². The Kier molecular flexibility index (Phi) is 7.83. The number of hydrogen-bond acceptors (Lipinski definition) is 4. The molecule has 0 aliphatic rings. The third-order valence-electron chi connectivity index (χ3n) is 4.29. The van der Waals surface area contributed by atoms with E-state index in [4.69, 9.17) is 9.47 Å². The van der Waals surface area contributed by atoms with E-state index in [0.29, 0.717) is 24.5 Å². The fraction of sp³-hybridized carbons (Fsp3) is 0.120. The van der Waals surface area contributed by atoms with Crippen LogP contribution in [0.4, 0.5) is 0 Å². The van der Waals surface area contributed by atoms with E-state index in [0.717, 1.165) is 16.9 Å². The first-order valence-electron chi connectivity index (χ1n) is 9.92. The highest BCUT2D eigenvalue weighted by Gasteiger charge is 2.12. The maximum absolute atomic E-state index is 12.5. The minimum Gasteiger partial charge on any atom is -0.494 e. The number of nitrogens with one attached hydrogen (secondary N) is 2. The first-order valence-corrected chi connectivity index (χ1v) is 9.92. The topological polar surface area (TPSA) is 76.7 Å². The molecule has 6 heteroatoms. The number of ether oxygens (including phenoxy) is 2. The van der Waals surface area contributed by atoms with E-state index in [-0.39, 0.29) is 0 Å². The molecular weight excluding hydrogens is 392 g/mol. The summed E-state index contributed by atoms with van der Waals surface area (Å²) in [5.41, 5.74) is 6.94. The summed E-state index contributed by atoms with van der Waals surface area (Å²) in [5.74, 6) is 0.281. The van der Waals surface area contributed by atoms with Crippen molar-refractivity contribution in [1.82, 2.24) is 10.9 Å². The van der Waals surface area contributed by atoms with Crippen molar-refractivity contribution in [2.24, 2.45) is 0 Å². The zero-order valence-electron chi connectivity index (χ0n) is 17.2. The van der Waals surface area contributed by atoms with Crippen molar-refractivity contribution in [3.05, 3.63) is 102 Å². The van der Waals surface area contributed by atoms with E-state index in [1.165, 1.54) is 6.08 Å². The molecule has 31 heavy (non-hydrogen) atoms. The molecule has 0 spiro atoms. The number of carbonyl (C=O) groups is 2. The van der Waals surface area contributed by atoms with Gasteiger partial charge in [-0.15, -0.1) is 0 Å². The molecular formula is C25H24N2O4. The Bertz CT molecular complexity index is 1030. The Balaban J connectivity index is 1.53. The molecule has 0 radical (unpaired) electrons. The third-order valence-corrected chi connectivity index (χ3v) is 4.29. The minimum atomic E-state index is -0.466. The summed E-state index contributed by atoms with van der Waals surface area (Å²) in [6, 6.07) is 23.9. The molecule has 0 fully saturated rings. The molecule has 0 aliphatic carbocycles. The first-order chi connectivity index (χ1) is 15.2. The molecule has 3 rings (SSSR count). The summed E-state index contributed by atoms with van der Waals surface area (Å²) in [5, 5.41) is 0. The second-order valence-corrected chi connectivity index (χ2v) is 6.55. The van der Waals surface area contributed by atoms with Crippen LogP contribution in [0.15, 0.2) is 84.9 Å². The molecule has 158 valence electrons.